The van der Waals surface area contributed by atoms with Crippen molar-refractivity contribution in [3.63, 3.8) is 0 Å². The molecule has 64 valence electrons. The lowest BCUT2D eigenvalue weighted by atomic mass is 10.2. The Morgan fingerprint density at radius 2 is 2.82 bits per heavy atom. The zero-order chi connectivity index (χ0) is 10.0. The lowest BCUT2D eigenvalue weighted by Gasteiger charge is -2.14. The predicted octanol–water partition coefficient (Wildman–Crippen LogP) is -1.42. The summed E-state index contributed by atoms with van der Waals surface area (Å²) in [5.74, 6) is -1.44. The van der Waals surface area contributed by atoms with Crippen LogP contribution in [0.4, 0.5) is 0 Å². The average molecular weight is 179 g/mol. The first kappa shape index (κ1) is 6.28. The summed E-state index contributed by atoms with van der Waals surface area (Å²) >= 11 is 1.22. The van der Waals surface area contributed by atoms with Crippen LogP contribution in [-0.2, 0) is 9.53 Å². The maximum atomic E-state index is 10.5. The van der Waals surface area contributed by atoms with Crippen molar-refractivity contribution in [1.82, 2.24) is 0 Å². The number of carboxylic acids is 1. The molecule has 4 unspecified atom stereocenters. The van der Waals surface area contributed by atoms with Crippen molar-refractivity contribution in [2.24, 2.45) is 0 Å². The highest BCUT2D eigenvalue weighted by Gasteiger charge is 2.34. The minimum atomic E-state index is -1.44. The van der Waals surface area contributed by atoms with Crippen molar-refractivity contribution in [2.45, 2.75) is 24.0 Å². The van der Waals surface area contributed by atoms with Gasteiger partial charge < -0.3 is 19.7 Å². The van der Waals surface area contributed by atoms with E-state index in [1.54, 1.807) is 6.26 Å². The summed E-state index contributed by atoms with van der Waals surface area (Å²) in [6.45, 7) is 0. The minimum Gasteiger partial charge on any atom is -0.547 e. The molecule has 1 fully saturated rings. The summed E-state index contributed by atoms with van der Waals surface area (Å²) in [4.78, 5) is 10.5. The van der Waals surface area contributed by atoms with Crippen LogP contribution < -0.4 is 5.11 Å². The summed E-state index contributed by atoms with van der Waals surface area (Å²) < 4.78 is 19.1. The fourth-order valence-corrected chi connectivity index (χ4v) is 1.39. The third-order valence-electron chi connectivity index (χ3n) is 1.39. The van der Waals surface area contributed by atoms with Gasteiger partial charge in [0.2, 0.25) is 1.43 Å². The molecule has 0 bridgehead atoms. The molecule has 0 aromatic carbocycles. The molecule has 0 aromatic heterocycles. The number of carbonyl (C=O) groups is 1. The lowest BCUT2D eigenvalue weighted by Crippen LogP contribution is -2.41. The number of aliphatic hydroxyl groups is 1. The van der Waals surface area contributed by atoms with E-state index in [4.69, 9.17) is 7.54 Å². The monoisotopic (exact) mass is 179 g/mol. The van der Waals surface area contributed by atoms with Gasteiger partial charge in [0.15, 0.2) is 0 Å². The molecule has 5 heteroatoms. The Balaban J connectivity index is 2.72. The van der Waals surface area contributed by atoms with Gasteiger partial charge in [-0.2, -0.15) is 0 Å². The van der Waals surface area contributed by atoms with Crippen LogP contribution in [0, 0.1) is 0 Å². The second kappa shape index (κ2) is 3.42. The van der Waals surface area contributed by atoms with Crippen LogP contribution in [0.15, 0.2) is 0 Å². The molecule has 0 radical (unpaired) electrons. The second-order valence-corrected chi connectivity index (χ2v) is 3.07. The van der Waals surface area contributed by atoms with Gasteiger partial charge in [0.25, 0.3) is 0 Å². The number of rotatable bonds is 3. The SMILES string of the molecule is [2H]OC1C(C(=O)[O-])OC(SC)C1[2H]. The summed E-state index contributed by atoms with van der Waals surface area (Å²) in [5.41, 5.74) is -0.571. The number of ether oxygens (including phenoxy) is 1. The van der Waals surface area contributed by atoms with E-state index in [1.807, 2.05) is 0 Å². The Morgan fingerprint density at radius 1 is 2.09 bits per heavy atom. The van der Waals surface area contributed by atoms with E-state index in [2.05, 4.69) is 5.11 Å². The van der Waals surface area contributed by atoms with E-state index in [1.165, 1.54) is 11.8 Å². The molecule has 0 spiro atoms. The molecule has 0 saturated carbocycles. The van der Waals surface area contributed by atoms with Gasteiger partial charge in [-0.1, -0.05) is 0 Å². The molecule has 4 nitrogen and oxygen atoms in total. The fourth-order valence-electron chi connectivity index (χ4n) is 0.847. The molecule has 1 aliphatic heterocycles. The van der Waals surface area contributed by atoms with Gasteiger partial charge in [0.05, 0.1) is 12.1 Å². The van der Waals surface area contributed by atoms with Crippen LogP contribution >= 0.6 is 11.8 Å². The van der Waals surface area contributed by atoms with E-state index in [-0.39, 0.29) is 0 Å². The van der Waals surface area contributed by atoms with Crippen molar-refractivity contribution in [3.8, 4) is 0 Å². The van der Waals surface area contributed by atoms with Crippen molar-refractivity contribution in [2.75, 3.05) is 6.26 Å². The standard InChI is InChI=1S/C6H10O4S/c1-11-4-2-3(7)5(10-4)6(8)9/h3-5,7H,2H2,1H3,(H,8,9)/p-1/i2D,7D. The second-order valence-electron chi connectivity index (χ2n) is 2.14. The van der Waals surface area contributed by atoms with Crippen LogP contribution in [0.25, 0.3) is 0 Å². The molecular weight excluding hydrogens is 168 g/mol. The van der Waals surface area contributed by atoms with Gasteiger partial charge in [-0.05, 0) is 6.26 Å². The average Bonchev–Trinajstić information content (AvgIpc) is 2.42. The Morgan fingerprint density at radius 3 is 3.18 bits per heavy atom. The molecule has 1 aliphatic rings. The van der Waals surface area contributed by atoms with E-state index >= 15 is 0 Å². The molecule has 1 saturated heterocycles. The third-order valence-corrected chi connectivity index (χ3v) is 2.12. The zero-order valence-electron chi connectivity index (χ0n) is 7.85. The number of thioether (sulfide) groups is 1. The Bertz CT molecular complexity index is 203. The maximum absolute atomic E-state index is 10.5. The molecule has 0 aliphatic carbocycles. The van der Waals surface area contributed by atoms with Gasteiger partial charge in [-0.15, -0.1) is 11.8 Å². The molecule has 1 heterocycles. The van der Waals surface area contributed by atoms with Gasteiger partial charge in [-0.25, -0.2) is 0 Å². The van der Waals surface area contributed by atoms with E-state index in [0.717, 1.165) is 0 Å². The first-order valence-electron chi connectivity index (χ1n) is 4.03. The van der Waals surface area contributed by atoms with Crippen molar-refractivity contribution in [1.29, 1.82) is 1.43 Å². The molecule has 1 rings (SSSR count). The van der Waals surface area contributed by atoms with Crippen LogP contribution in [-0.4, -0.2) is 36.4 Å². The highest BCUT2D eigenvalue weighted by molar-refractivity contribution is 7.99. The smallest absolute Gasteiger partial charge is 0.211 e. The van der Waals surface area contributed by atoms with Crippen LogP contribution in [0.3, 0.4) is 0 Å². The summed E-state index contributed by atoms with van der Waals surface area (Å²) in [6, 6.07) is 0. The van der Waals surface area contributed by atoms with Crippen molar-refractivity contribution >= 4 is 17.7 Å². The molecule has 11 heavy (non-hydrogen) atoms. The normalized spacial score (nSPS) is 46.6. The number of carboxylic acid groups (broad SMARTS) is 1. The van der Waals surface area contributed by atoms with Gasteiger partial charge in [0.1, 0.15) is 11.5 Å². The quantitative estimate of drug-likeness (QED) is 0.575. The lowest BCUT2D eigenvalue weighted by molar-refractivity contribution is -0.317. The van der Waals surface area contributed by atoms with Crippen molar-refractivity contribution < 1.29 is 21.1 Å². The van der Waals surface area contributed by atoms with Gasteiger partial charge >= 0.3 is 0 Å². The molecule has 0 amide bonds. The number of hydrogen-bond acceptors (Lipinski definition) is 5. The van der Waals surface area contributed by atoms with Gasteiger partial charge in [0, 0.05) is 7.77 Å². The topological polar surface area (TPSA) is 69.6 Å². The first-order chi connectivity index (χ1) is 6.11. The Kier molecular flexibility index (Phi) is 1.95. The zero-order valence-corrected chi connectivity index (χ0v) is 6.67. The fraction of sp³-hybridized carbons (Fsp3) is 0.833. The molecule has 1 N–H and O–H groups in total. The van der Waals surface area contributed by atoms with Crippen molar-refractivity contribution in [3.05, 3.63) is 0 Å². The van der Waals surface area contributed by atoms with Crippen LogP contribution in [0.5, 0.6) is 0 Å². The third kappa shape index (κ3) is 1.85. The summed E-state index contributed by atoms with van der Waals surface area (Å²) in [7, 11) is 0. The molecule has 0 aromatic rings. The highest BCUT2D eigenvalue weighted by Crippen LogP contribution is 2.26. The Labute approximate surface area is 71.4 Å². The number of carbonyl (C=O) groups excluding carboxylic acids is 1. The summed E-state index contributed by atoms with van der Waals surface area (Å²) in [5, 5.41) is 14.6. The van der Waals surface area contributed by atoms with Crippen LogP contribution in [0.1, 0.15) is 7.77 Å². The first-order valence-corrected chi connectivity index (χ1v) is 4.34. The molecule has 4 atom stereocenters. The Hall–Kier alpha value is -0.260. The highest BCUT2D eigenvalue weighted by atomic mass is 32.2. The largest absolute Gasteiger partial charge is 0.547 e. The van der Waals surface area contributed by atoms with E-state index < -0.39 is 30.0 Å². The van der Waals surface area contributed by atoms with Gasteiger partial charge in [-0.3, -0.25) is 0 Å². The number of aliphatic carboxylic acids is 1. The van der Waals surface area contributed by atoms with E-state index in [9.17, 15) is 9.90 Å². The number of hydrogen-bond donors (Lipinski definition) is 1. The van der Waals surface area contributed by atoms with E-state index in [0.29, 0.717) is 0 Å². The number of aliphatic hydroxyl groups excluding tert-OH is 1. The predicted molar refractivity (Wildman–Crippen MR) is 37.8 cm³/mol. The molecular formula is C6H9O4S-. The van der Waals surface area contributed by atoms with Crippen LogP contribution in [0.2, 0.25) is 0 Å². The minimum absolute atomic E-state index is 0.571. The summed E-state index contributed by atoms with van der Waals surface area (Å²) in [6.07, 6.45) is -1.54. The maximum Gasteiger partial charge on any atom is 0.211 e.